The topological polar surface area (TPSA) is 67.4 Å². The van der Waals surface area contributed by atoms with Gasteiger partial charge in [-0.15, -0.1) is 0 Å². The van der Waals surface area contributed by atoms with Gasteiger partial charge in [0.15, 0.2) is 0 Å². The average Bonchev–Trinajstić information content (AvgIpc) is 2.62. The smallest absolute Gasteiger partial charge is 0.405 e. The molecule has 0 bridgehead atoms. The third-order valence-corrected chi connectivity index (χ3v) is 3.74. The van der Waals surface area contributed by atoms with E-state index in [2.05, 4.69) is 10.1 Å². The summed E-state index contributed by atoms with van der Waals surface area (Å²) < 4.78 is 65.2. The Kier molecular flexibility index (Phi) is 7.13. The van der Waals surface area contributed by atoms with E-state index in [4.69, 9.17) is 0 Å². The van der Waals surface area contributed by atoms with Gasteiger partial charge in [-0.25, -0.2) is 0 Å². The lowest BCUT2D eigenvalue weighted by molar-refractivity contribution is -0.123. The summed E-state index contributed by atoms with van der Waals surface area (Å²) in [6.07, 6.45) is -4.62. The van der Waals surface area contributed by atoms with Crippen LogP contribution in [0.1, 0.15) is 21.5 Å². The summed E-state index contributed by atoms with van der Waals surface area (Å²) in [5, 5.41) is 4.34. The highest BCUT2D eigenvalue weighted by Gasteiger charge is 2.28. The first-order valence-corrected chi connectivity index (χ1v) is 8.33. The highest BCUT2D eigenvalue weighted by atomic mass is 19.4. The van der Waals surface area contributed by atoms with Crippen molar-refractivity contribution in [3.63, 3.8) is 0 Å². The number of halogens is 5. The molecular weight excluding hydrogens is 399 g/mol. The van der Waals surface area contributed by atoms with Crippen LogP contribution in [0.15, 0.2) is 42.5 Å². The Morgan fingerprint density at radius 3 is 2.31 bits per heavy atom. The van der Waals surface area contributed by atoms with Crippen LogP contribution in [-0.2, 0) is 11.2 Å². The Bertz CT molecular complexity index is 867. The second kappa shape index (κ2) is 9.35. The fourth-order valence-electron chi connectivity index (χ4n) is 2.35. The van der Waals surface area contributed by atoms with Gasteiger partial charge in [0, 0.05) is 11.3 Å². The van der Waals surface area contributed by atoms with Crippen molar-refractivity contribution in [3.05, 3.63) is 59.2 Å². The Balaban J connectivity index is 2.01. The summed E-state index contributed by atoms with van der Waals surface area (Å²) in [5.74, 6) is -1.42. The van der Waals surface area contributed by atoms with Crippen molar-refractivity contribution in [3.8, 4) is 5.75 Å². The maximum atomic E-state index is 12.2. The van der Waals surface area contributed by atoms with Gasteiger partial charge in [-0.2, -0.15) is 22.0 Å². The number of alkyl halides is 5. The molecule has 0 saturated carbocycles. The number of nitrogens with one attached hydrogen (secondary N) is 2. The van der Waals surface area contributed by atoms with Gasteiger partial charge in [-0.1, -0.05) is 18.2 Å². The van der Waals surface area contributed by atoms with E-state index in [0.29, 0.717) is 11.1 Å². The minimum Gasteiger partial charge on any atom is -0.435 e. The Labute approximate surface area is 162 Å². The van der Waals surface area contributed by atoms with Crippen LogP contribution in [0.3, 0.4) is 0 Å². The fraction of sp³-hybridized carbons (Fsp3) is 0.263. The molecule has 0 spiro atoms. The molecule has 0 aliphatic heterocycles. The monoisotopic (exact) mass is 416 g/mol. The fourth-order valence-corrected chi connectivity index (χ4v) is 2.35. The number of ether oxygens (including phenoxy) is 1. The lowest BCUT2D eigenvalue weighted by Gasteiger charge is -2.12. The molecular formula is C19H17F5N2O3. The quantitative estimate of drug-likeness (QED) is 0.669. The number of rotatable bonds is 7. The van der Waals surface area contributed by atoms with Gasteiger partial charge >= 0.3 is 12.8 Å². The molecule has 156 valence electrons. The van der Waals surface area contributed by atoms with Crippen LogP contribution in [0.5, 0.6) is 5.75 Å². The third-order valence-electron chi connectivity index (χ3n) is 3.74. The summed E-state index contributed by atoms with van der Waals surface area (Å²) in [6.45, 7) is -2.76. The number of hydrogen-bond donors (Lipinski definition) is 2. The Morgan fingerprint density at radius 2 is 1.72 bits per heavy atom. The summed E-state index contributed by atoms with van der Waals surface area (Å²) >= 11 is 0. The van der Waals surface area contributed by atoms with Crippen LogP contribution in [0.25, 0.3) is 0 Å². The molecule has 0 heterocycles. The number of benzene rings is 2. The molecule has 0 saturated heterocycles. The van der Waals surface area contributed by atoms with Gasteiger partial charge < -0.3 is 15.4 Å². The molecule has 10 heteroatoms. The van der Waals surface area contributed by atoms with Gasteiger partial charge in [0.05, 0.1) is 6.42 Å². The number of carbonyl (C=O) groups excluding carboxylic acids is 2. The van der Waals surface area contributed by atoms with Gasteiger partial charge in [-0.3, -0.25) is 9.59 Å². The van der Waals surface area contributed by atoms with Crippen LogP contribution >= 0.6 is 0 Å². The molecule has 0 atom stereocenters. The van der Waals surface area contributed by atoms with Crippen LogP contribution in [0.4, 0.5) is 27.6 Å². The number of anilines is 1. The number of aryl methyl sites for hydroxylation is 1. The van der Waals surface area contributed by atoms with Crippen molar-refractivity contribution in [1.29, 1.82) is 0 Å². The van der Waals surface area contributed by atoms with E-state index in [9.17, 15) is 31.5 Å². The minimum atomic E-state index is -4.53. The predicted octanol–water partition coefficient (Wildman–Crippen LogP) is 4.07. The van der Waals surface area contributed by atoms with Crippen molar-refractivity contribution < 1.29 is 36.3 Å². The van der Waals surface area contributed by atoms with E-state index < -0.39 is 31.1 Å². The van der Waals surface area contributed by atoms with Crippen LogP contribution in [0.2, 0.25) is 0 Å². The van der Waals surface area contributed by atoms with E-state index in [0.717, 1.165) is 0 Å². The Morgan fingerprint density at radius 1 is 1.07 bits per heavy atom. The van der Waals surface area contributed by atoms with Crippen molar-refractivity contribution in [2.45, 2.75) is 26.1 Å². The molecule has 2 amide bonds. The molecule has 0 aliphatic carbocycles. The molecule has 29 heavy (non-hydrogen) atoms. The molecule has 2 aromatic rings. The second-order valence-electron chi connectivity index (χ2n) is 6.07. The summed E-state index contributed by atoms with van der Waals surface area (Å²) in [6, 6.07) is 9.61. The van der Waals surface area contributed by atoms with Gasteiger partial charge in [0.1, 0.15) is 12.3 Å². The predicted molar refractivity (Wildman–Crippen MR) is 95.0 cm³/mol. The molecule has 0 unspecified atom stereocenters. The molecule has 0 fully saturated rings. The molecule has 5 nitrogen and oxygen atoms in total. The summed E-state index contributed by atoms with van der Waals surface area (Å²) in [7, 11) is 0. The zero-order valence-corrected chi connectivity index (χ0v) is 15.1. The van der Waals surface area contributed by atoms with Gasteiger partial charge in [-0.05, 0) is 42.3 Å². The number of carbonyl (C=O) groups is 2. The molecule has 2 aromatic carbocycles. The molecule has 0 radical (unpaired) electrons. The largest absolute Gasteiger partial charge is 0.435 e. The highest BCUT2D eigenvalue weighted by molar-refractivity contribution is 5.98. The first-order valence-electron chi connectivity index (χ1n) is 8.33. The van der Waals surface area contributed by atoms with E-state index in [1.54, 1.807) is 12.2 Å². The lowest BCUT2D eigenvalue weighted by atomic mass is 10.1. The third kappa shape index (κ3) is 7.40. The van der Waals surface area contributed by atoms with Crippen LogP contribution in [0, 0.1) is 6.92 Å². The Hall–Kier alpha value is -3.17. The zero-order valence-electron chi connectivity index (χ0n) is 15.1. The summed E-state index contributed by atoms with van der Waals surface area (Å²) in [5.41, 5.74) is 1.36. The van der Waals surface area contributed by atoms with E-state index in [-0.39, 0.29) is 23.4 Å². The first kappa shape index (κ1) is 22.1. The average molecular weight is 416 g/mol. The van der Waals surface area contributed by atoms with E-state index in [1.807, 2.05) is 0 Å². The zero-order chi connectivity index (χ0) is 21.6. The molecule has 0 aliphatic rings. The maximum absolute atomic E-state index is 12.2. The highest BCUT2D eigenvalue weighted by Crippen LogP contribution is 2.19. The SMILES string of the molecule is Cc1ccc(C(=O)NCC(F)(F)F)cc1NC(=O)Cc1ccc(OC(F)F)cc1. The van der Waals surface area contributed by atoms with Crippen LogP contribution < -0.4 is 15.4 Å². The van der Waals surface area contributed by atoms with Gasteiger partial charge in [0.2, 0.25) is 5.91 Å². The van der Waals surface area contributed by atoms with Crippen LogP contribution in [-0.4, -0.2) is 31.1 Å². The first-order chi connectivity index (χ1) is 13.5. The molecule has 2 rings (SSSR count). The van der Waals surface area contributed by atoms with Crippen molar-refractivity contribution >= 4 is 17.5 Å². The second-order valence-corrected chi connectivity index (χ2v) is 6.07. The minimum absolute atomic E-state index is 0.0383. The molecule has 0 aromatic heterocycles. The van der Waals surface area contributed by atoms with Gasteiger partial charge in [0.25, 0.3) is 5.91 Å². The van der Waals surface area contributed by atoms with Crippen molar-refractivity contribution in [2.24, 2.45) is 0 Å². The molecule has 2 N–H and O–H groups in total. The lowest BCUT2D eigenvalue weighted by Crippen LogP contribution is -2.33. The maximum Gasteiger partial charge on any atom is 0.405 e. The summed E-state index contributed by atoms with van der Waals surface area (Å²) in [4.78, 5) is 24.1. The normalized spacial score (nSPS) is 11.3. The standard InChI is InChI=1S/C19H17F5N2O3/c1-11-2-5-13(17(28)25-10-19(22,23)24)9-15(11)26-16(27)8-12-3-6-14(7-4-12)29-18(20)21/h2-7,9,18H,8,10H2,1H3,(H,25,28)(H,26,27). The number of amides is 2. The van der Waals surface area contributed by atoms with E-state index in [1.165, 1.54) is 42.5 Å². The number of hydrogen-bond acceptors (Lipinski definition) is 3. The van der Waals surface area contributed by atoms with Crippen molar-refractivity contribution in [2.75, 3.05) is 11.9 Å². The van der Waals surface area contributed by atoms with Crippen molar-refractivity contribution in [1.82, 2.24) is 5.32 Å². The van der Waals surface area contributed by atoms with E-state index >= 15 is 0 Å².